The Morgan fingerprint density at radius 1 is 1.60 bits per heavy atom. The second kappa shape index (κ2) is 3.43. The minimum absolute atomic E-state index is 0.0646. The lowest BCUT2D eigenvalue weighted by atomic mass is 10.0. The molecule has 0 saturated heterocycles. The molecule has 1 aliphatic heterocycles. The number of hydrogen-bond acceptors (Lipinski definition) is 4. The van der Waals surface area contributed by atoms with Gasteiger partial charge in [0.2, 0.25) is 0 Å². The highest BCUT2D eigenvalue weighted by Gasteiger charge is 2.26. The lowest BCUT2D eigenvalue weighted by Gasteiger charge is -2.11. The summed E-state index contributed by atoms with van der Waals surface area (Å²) in [4.78, 5) is 11.3. The minimum atomic E-state index is -0.323. The Kier molecular flexibility index (Phi) is 2.24. The van der Waals surface area contributed by atoms with E-state index in [1.807, 2.05) is 0 Å². The van der Waals surface area contributed by atoms with Crippen LogP contribution in [0.5, 0.6) is 11.5 Å². The summed E-state index contributed by atoms with van der Waals surface area (Å²) in [6, 6.07) is 1.53. The van der Waals surface area contributed by atoms with Gasteiger partial charge >= 0.3 is 0 Å². The maximum Gasteiger partial charge on any atom is 0.252 e. The van der Waals surface area contributed by atoms with Crippen LogP contribution in [0.1, 0.15) is 21.5 Å². The number of ether oxygens (including phenoxy) is 1. The average Bonchev–Trinajstić information content (AvgIpc) is 2.60. The van der Waals surface area contributed by atoms with E-state index in [0.717, 1.165) is 0 Å². The Hall–Kier alpha value is -1.75. The fourth-order valence-electron chi connectivity index (χ4n) is 1.71. The summed E-state index contributed by atoms with van der Waals surface area (Å²) in [5.41, 5.74) is 1.24. The van der Waals surface area contributed by atoms with Gasteiger partial charge in [-0.25, -0.2) is 0 Å². The summed E-state index contributed by atoms with van der Waals surface area (Å²) in [5.74, 6) is 0.0269. The fraction of sp³-hybridized carbons (Fsp3) is 0.300. The van der Waals surface area contributed by atoms with Crippen LogP contribution in [0.4, 0.5) is 0 Å². The van der Waals surface area contributed by atoms with Crippen LogP contribution in [0.15, 0.2) is 6.07 Å². The van der Waals surface area contributed by atoms with Gasteiger partial charge in [-0.15, -0.1) is 0 Å². The van der Waals surface area contributed by atoms with Crippen LogP contribution in [-0.2, 0) is 13.2 Å². The molecule has 0 fully saturated rings. The van der Waals surface area contributed by atoms with Crippen molar-refractivity contribution in [1.82, 2.24) is 5.32 Å². The molecule has 1 heterocycles. The van der Waals surface area contributed by atoms with Crippen molar-refractivity contribution in [3.05, 3.63) is 22.8 Å². The van der Waals surface area contributed by atoms with Crippen LogP contribution >= 0.6 is 0 Å². The average molecular weight is 209 g/mol. The number of amides is 1. The zero-order chi connectivity index (χ0) is 11.0. The molecule has 0 aromatic heterocycles. The highest BCUT2D eigenvalue weighted by atomic mass is 16.5. The smallest absolute Gasteiger partial charge is 0.252 e. The van der Waals surface area contributed by atoms with Crippen LogP contribution in [0.2, 0.25) is 0 Å². The SMILES string of the molecule is COc1cc2c(c(O)c1CO)CNC2=O. The molecule has 0 radical (unpaired) electrons. The normalized spacial score (nSPS) is 13.6. The quantitative estimate of drug-likeness (QED) is 0.647. The van der Waals surface area contributed by atoms with E-state index in [2.05, 4.69) is 5.32 Å². The first-order valence-electron chi connectivity index (χ1n) is 4.49. The summed E-state index contributed by atoms with van der Waals surface area (Å²) < 4.78 is 4.99. The minimum Gasteiger partial charge on any atom is -0.507 e. The maximum absolute atomic E-state index is 11.3. The van der Waals surface area contributed by atoms with Gasteiger partial charge in [0.25, 0.3) is 5.91 Å². The van der Waals surface area contributed by atoms with E-state index in [1.165, 1.54) is 13.2 Å². The van der Waals surface area contributed by atoms with Crippen LogP contribution in [0.3, 0.4) is 0 Å². The molecule has 0 spiro atoms. The van der Waals surface area contributed by atoms with E-state index in [-0.39, 0.29) is 24.8 Å². The Bertz CT molecular complexity index is 428. The fourth-order valence-corrected chi connectivity index (χ4v) is 1.71. The van der Waals surface area contributed by atoms with Crippen molar-refractivity contribution in [1.29, 1.82) is 0 Å². The molecule has 0 saturated carbocycles. The summed E-state index contributed by atoms with van der Waals surface area (Å²) in [5, 5.41) is 21.5. The highest BCUT2D eigenvalue weighted by molar-refractivity contribution is 5.99. The first-order chi connectivity index (χ1) is 7.19. The Morgan fingerprint density at radius 2 is 2.33 bits per heavy atom. The van der Waals surface area contributed by atoms with Crippen molar-refractivity contribution < 1.29 is 19.7 Å². The van der Waals surface area contributed by atoms with Gasteiger partial charge in [-0.2, -0.15) is 0 Å². The number of nitrogens with one attached hydrogen (secondary N) is 1. The second-order valence-electron chi connectivity index (χ2n) is 3.27. The first-order valence-corrected chi connectivity index (χ1v) is 4.49. The molecule has 3 N–H and O–H groups in total. The van der Waals surface area contributed by atoms with E-state index >= 15 is 0 Å². The molecule has 1 aromatic rings. The van der Waals surface area contributed by atoms with Crippen molar-refractivity contribution in [3.63, 3.8) is 0 Å². The topological polar surface area (TPSA) is 78.8 Å². The highest BCUT2D eigenvalue weighted by Crippen LogP contribution is 2.36. The number of aliphatic hydroxyl groups is 1. The molecule has 0 bridgehead atoms. The predicted molar refractivity (Wildman–Crippen MR) is 51.8 cm³/mol. The lowest BCUT2D eigenvalue weighted by Crippen LogP contribution is -2.12. The molecule has 0 aliphatic carbocycles. The second-order valence-corrected chi connectivity index (χ2v) is 3.27. The maximum atomic E-state index is 11.3. The third-order valence-corrected chi connectivity index (χ3v) is 2.52. The van der Waals surface area contributed by atoms with Gasteiger partial charge in [0, 0.05) is 12.1 Å². The molecule has 1 aliphatic rings. The van der Waals surface area contributed by atoms with Crippen molar-refractivity contribution in [2.45, 2.75) is 13.2 Å². The van der Waals surface area contributed by atoms with Crippen LogP contribution < -0.4 is 10.1 Å². The molecule has 1 aromatic carbocycles. The number of methoxy groups -OCH3 is 1. The number of hydrogen-bond donors (Lipinski definition) is 3. The standard InChI is InChI=1S/C10H11NO4/c1-15-8-2-5-6(3-11-10(5)14)9(13)7(8)4-12/h2,12-13H,3-4H2,1H3,(H,11,14). The van der Waals surface area contributed by atoms with Gasteiger partial charge in [0.15, 0.2) is 0 Å². The largest absolute Gasteiger partial charge is 0.507 e. The van der Waals surface area contributed by atoms with E-state index in [1.54, 1.807) is 0 Å². The van der Waals surface area contributed by atoms with E-state index in [4.69, 9.17) is 9.84 Å². The van der Waals surface area contributed by atoms with Crippen LogP contribution in [-0.4, -0.2) is 23.2 Å². The Morgan fingerprint density at radius 3 is 2.93 bits per heavy atom. The zero-order valence-corrected chi connectivity index (χ0v) is 8.20. The molecule has 80 valence electrons. The lowest BCUT2D eigenvalue weighted by molar-refractivity contribution is 0.0965. The van der Waals surface area contributed by atoms with Gasteiger partial charge in [0.1, 0.15) is 11.5 Å². The van der Waals surface area contributed by atoms with Crippen molar-refractivity contribution in [2.75, 3.05) is 7.11 Å². The van der Waals surface area contributed by atoms with Crippen LogP contribution in [0, 0.1) is 0 Å². The number of carbonyl (C=O) groups excluding carboxylic acids is 1. The molecule has 2 rings (SSSR count). The molecule has 15 heavy (non-hydrogen) atoms. The van der Waals surface area contributed by atoms with Gasteiger partial charge in [0.05, 0.1) is 24.8 Å². The zero-order valence-electron chi connectivity index (χ0n) is 8.20. The molecular weight excluding hydrogens is 198 g/mol. The number of aromatic hydroxyl groups is 1. The molecule has 5 heteroatoms. The van der Waals surface area contributed by atoms with E-state index in [0.29, 0.717) is 22.4 Å². The molecular formula is C10H11NO4. The molecule has 0 unspecified atom stereocenters. The summed E-state index contributed by atoms with van der Waals surface area (Å²) in [6.07, 6.45) is 0. The van der Waals surface area contributed by atoms with Crippen molar-refractivity contribution in [3.8, 4) is 11.5 Å². The number of fused-ring (bicyclic) bond motifs is 1. The third kappa shape index (κ3) is 1.32. The third-order valence-electron chi connectivity index (χ3n) is 2.52. The number of rotatable bonds is 2. The summed E-state index contributed by atoms with van der Waals surface area (Å²) in [7, 11) is 1.42. The Labute approximate surface area is 86.3 Å². The van der Waals surface area contributed by atoms with Crippen molar-refractivity contribution in [2.24, 2.45) is 0 Å². The van der Waals surface area contributed by atoms with Gasteiger partial charge in [-0.3, -0.25) is 4.79 Å². The summed E-state index contributed by atoms with van der Waals surface area (Å²) in [6.45, 7) is -0.0343. The van der Waals surface area contributed by atoms with Gasteiger partial charge in [-0.05, 0) is 6.07 Å². The first kappa shape index (κ1) is 9.79. The molecule has 1 amide bonds. The number of carbonyl (C=O) groups is 1. The predicted octanol–water partition coefficient (Wildman–Crippen LogP) is 0.137. The number of benzene rings is 1. The number of aliphatic hydroxyl groups excluding tert-OH is 1. The Balaban J connectivity index is 2.67. The molecule has 0 atom stereocenters. The monoisotopic (exact) mass is 209 g/mol. The van der Waals surface area contributed by atoms with Crippen molar-refractivity contribution >= 4 is 5.91 Å². The van der Waals surface area contributed by atoms with Gasteiger partial charge < -0.3 is 20.3 Å². The van der Waals surface area contributed by atoms with Gasteiger partial charge in [-0.1, -0.05) is 0 Å². The molecule has 5 nitrogen and oxygen atoms in total. The summed E-state index contributed by atoms with van der Waals surface area (Å²) >= 11 is 0. The van der Waals surface area contributed by atoms with E-state index < -0.39 is 0 Å². The van der Waals surface area contributed by atoms with E-state index in [9.17, 15) is 9.90 Å². The number of phenols is 1. The van der Waals surface area contributed by atoms with Crippen LogP contribution in [0.25, 0.3) is 0 Å².